The van der Waals surface area contributed by atoms with E-state index < -0.39 is 0 Å². The Kier molecular flexibility index (Phi) is 6.21. The molecule has 2 heterocycles. The lowest BCUT2D eigenvalue weighted by Gasteiger charge is -2.30. The average molecular weight is 408 g/mol. The van der Waals surface area contributed by atoms with Crippen molar-refractivity contribution in [2.45, 2.75) is 50.4 Å². The molecule has 29 heavy (non-hydrogen) atoms. The van der Waals surface area contributed by atoms with Gasteiger partial charge in [-0.1, -0.05) is 75.9 Å². The van der Waals surface area contributed by atoms with Crippen molar-refractivity contribution in [2.24, 2.45) is 0 Å². The van der Waals surface area contributed by atoms with Crippen molar-refractivity contribution >= 4 is 23.1 Å². The molecule has 0 fully saturated rings. The minimum absolute atomic E-state index is 0.337. The highest BCUT2D eigenvalue weighted by Gasteiger charge is 2.39. The van der Waals surface area contributed by atoms with Gasteiger partial charge < -0.3 is 14.7 Å². The van der Waals surface area contributed by atoms with Gasteiger partial charge in [-0.25, -0.2) is 0 Å². The van der Waals surface area contributed by atoms with Crippen LogP contribution in [0.5, 0.6) is 0 Å². The SMILES string of the molecule is CCN(CC)CCCN1C(c2ccc(C(C)C)cc2)=CN2c3ccccc3SC12. The molecular formula is C25H33N3S. The van der Waals surface area contributed by atoms with Crippen molar-refractivity contribution < 1.29 is 0 Å². The summed E-state index contributed by atoms with van der Waals surface area (Å²) in [6, 6.07) is 18.0. The first kappa shape index (κ1) is 20.4. The second kappa shape index (κ2) is 8.85. The minimum Gasteiger partial charge on any atom is -0.340 e. The first-order valence-corrected chi connectivity index (χ1v) is 11.9. The molecule has 3 nitrogen and oxygen atoms in total. The second-order valence-corrected chi connectivity index (χ2v) is 9.28. The van der Waals surface area contributed by atoms with E-state index in [0.717, 1.165) is 26.2 Å². The molecule has 0 bridgehead atoms. The Morgan fingerprint density at radius 3 is 2.41 bits per heavy atom. The van der Waals surface area contributed by atoms with Crippen LogP contribution in [0, 0.1) is 0 Å². The smallest absolute Gasteiger partial charge is 0.159 e. The Morgan fingerprint density at radius 2 is 1.72 bits per heavy atom. The van der Waals surface area contributed by atoms with Crippen molar-refractivity contribution in [3.8, 4) is 0 Å². The molecule has 0 radical (unpaired) electrons. The summed E-state index contributed by atoms with van der Waals surface area (Å²) in [4.78, 5) is 8.98. The van der Waals surface area contributed by atoms with E-state index in [4.69, 9.17) is 0 Å². The van der Waals surface area contributed by atoms with E-state index >= 15 is 0 Å². The number of benzene rings is 2. The van der Waals surface area contributed by atoms with Crippen LogP contribution in [0.25, 0.3) is 5.70 Å². The van der Waals surface area contributed by atoms with E-state index in [1.807, 2.05) is 11.8 Å². The summed E-state index contributed by atoms with van der Waals surface area (Å²) in [5.74, 6) is 0.567. The monoisotopic (exact) mass is 407 g/mol. The number of hydrogen-bond donors (Lipinski definition) is 0. The van der Waals surface area contributed by atoms with Crippen LogP contribution in [0.4, 0.5) is 5.69 Å². The van der Waals surface area contributed by atoms with E-state index in [2.05, 4.69) is 97.1 Å². The molecule has 0 spiro atoms. The fraction of sp³-hybridized carbons (Fsp3) is 0.440. The predicted octanol–water partition coefficient (Wildman–Crippen LogP) is 6.05. The third-order valence-electron chi connectivity index (χ3n) is 6.09. The number of anilines is 1. The van der Waals surface area contributed by atoms with Gasteiger partial charge in [0.2, 0.25) is 0 Å². The Bertz CT molecular complexity index is 855. The second-order valence-electron chi connectivity index (χ2n) is 8.18. The number of rotatable bonds is 8. The van der Waals surface area contributed by atoms with E-state index in [0.29, 0.717) is 11.4 Å². The molecule has 4 rings (SSSR count). The molecule has 2 aliphatic rings. The lowest BCUT2D eigenvalue weighted by Crippen LogP contribution is -2.36. The molecule has 0 aliphatic carbocycles. The van der Waals surface area contributed by atoms with Gasteiger partial charge in [0.05, 0.1) is 11.4 Å². The molecule has 0 saturated heterocycles. The maximum atomic E-state index is 2.61. The highest BCUT2D eigenvalue weighted by Crippen LogP contribution is 2.50. The topological polar surface area (TPSA) is 9.72 Å². The van der Waals surface area contributed by atoms with Gasteiger partial charge in [0, 0.05) is 17.6 Å². The number of para-hydroxylation sites is 1. The van der Waals surface area contributed by atoms with Crippen molar-refractivity contribution in [1.29, 1.82) is 0 Å². The summed E-state index contributed by atoms with van der Waals surface area (Å²) in [5, 5.41) is 0. The number of nitrogens with zero attached hydrogens (tertiary/aromatic N) is 3. The van der Waals surface area contributed by atoms with Crippen LogP contribution in [-0.4, -0.2) is 41.5 Å². The van der Waals surface area contributed by atoms with Gasteiger partial charge in [0.15, 0.2) is 5.50 Å². The Labute approximate surface area is 180 Å². The largest absolute Gasteiger partial charge is 0.340 e. The maximum absolute atomic E-state index is 2.61. The van der Waals surface area contributed by atoms with Crippen LogP contribution in [-0.2, 0) is 0 Å². The molecule has 2 aliphatic heterocycles. The molecule has 1 unspecified atom stereocenters. The molecule has 0 saturated carbocycles. The van der Waals surface area contributed by atoms with Gasteiger partial charge in [0.25, 0.3) is 0 Å². The fourth-order valence-corrected chi connectivity index (χ4v) is 5.56. The normalized spacial score (nSPS) is 17.9. The summed E-state index contributed by atoms with van der Waals surface area (Å²) in [6.45, 7) is 13.5. The summed E-state index contributed by atoms with van der Waals surface area (Å²) in [5.41, 5.74) is 5.76. The van der Waals surface area contributed by atoms with Crippen LogP contribution in [0.3, 0.4) is 0 Å². The number of thioether (sulfide) groups is 1. The van der Waals surface area contributed by atoms with Crippen molar-refractivity contribution in [3.63, 3.8) is 0 Å². The fourth-order valence-electron chi connectivity index (χ4n) is 4.25. The molecule has 2 aromatic rings. The highest BCUT2D eigenvalue weighted by atomic mass is 32.2. The first-order chi connectivity index (χ1) is 14.1. The zero-order valence-corrected chi connectivity index (χ0v) is 19.0. The number of fused-ring (bicyclic) bond motifs is 3. The molecule has 0 aromatic heterocycles. The summed E-state index contributed by atoms with van der Waals surface area (Å²) < 4.78 is 0. The third kappa shape index (κ3) is 4.06. The van der Waals surface area contributed by atoms with Crippen LogP contribution in [0.15, 0.2) is 59.6 Å². The van der Waals surface area contributed by atoms with Gasteiger partial charge >= 0.3 is 0 Å². The van der Waals surface area contributed by atoms with E-state index in [-0.39, 0.29) is 0 Å². The lowest BCUT2D eigenvalue weighted by molar-refractivity contribution is 0.278. The van der Waals surface area contributed by atoms with Crippen molar-refractivity contribution in [2.75, 3.05) is 31.1 Å². The minimum atomic E-state index is 0.337. The summed E-state index contributed by atoms with van der Waals surface area (Å²) in [7, 11) is 0. The third-order valence-corrected chi connectivity index (χ3v) is 7.38. The van der Waals surface area contributed by atoms with Crippen molar-refractivity contribution in [1.82, 2.24) is 9.80 Å². The highest BCUT2D eigenvalue weighted by molar-refractivity contribution is 8.00. The van der Waals surface area contributed by atoms with E-state index in [1.54, 1.807) is 0 Å². The van der Waals surface area contributed by atoms with Gasteiger partial charge in [-0.15, -0.1) is 0 Å². The molecule has 154 valence electrons. The standard InChI is InChI=1S/C25H33N3S/c1-5-26(6-2)16-9-17-27-23(21-14-12-20(13-15-21)19(3)4)18-28-22-10-7-8-11-24(22)29-25(27)28/h7-8,10-15,18-19,25H,5-6,9,16-17H2,1-4H3. The molecular weight excluding hydrogens is 374 g/mol. The molecule has 0 N–H and O–H groups in total. The summed E-state index contributed by atoms with van der Waals surface area (Å²) >= 11 is 1.98. The maximum Gasteiger partial charge on any atom is 0.159 e. The van der Waals surface area contributed by atoms with Gasteiger partial charge in [0.1, 0.15) is 0 Å². The number of hydrogen-bond acceptors (Lipinski definition) is 4. The van der Waals surface area contributed by atoms with Crippen LogP contribution >= 0.6 is 11.8 Å². The molecule has 4 heteroatoms. The van der Waals surface area contributed by atoms with Crippen LogP contribution in [0.2, 0.25) is 0 Å². The quantitative estimate of drug-likeness (QED) is 0.526. The Hall–Kier alpha value is -1.91. The zero-order chi connectivity index (χ0) is 20.4. The Balaban J connectivity index is 1.59. The van der Waals surface area contributed by atoms with Gasteiger partial charge in [-0.05, 0) is 55.2 Å². The van der Waals surface area contributed by atoms with Crippen LogP contribution < -0.4 is 4.90 Å². The average Bonchev–Trinajstić information content (AvgIpc) is 3.28. The van der Waals surface area contributed by atoms with Crippen LogP contribution in [0.1, 0.15) is 51.2 Å². The van der Waals surface area contributed by atoms with E-state index in [9.17, 15) is 0 Å². The Morgan fingerprint density at radius 1 is 1.00 bits per heavy atom. The van der Waals surface area contributed by atoms with Gasteiger partial charge in [-0.2, -0.15) is 0 Å². The van der Waals surface area contributed by atoms with E-state index in [1.165, 1.54) is 33.8 Å². The molecule has 0 amide bonds. The molecule has 1 atom stereocenters. The summed E-state index contributed by atoms with van der Waals surface area (Å²) in [6.07, 6.45) is 3.55. The molecule has 2 aromatic carbocycles. The van der Waals surface area contributed by atoms with Gasteiger partial charge in [-0.3, -0.25) is 0 Å². The first-order valence-electron chi connectivity index (χ1n) is 11.0. The lowest BCUT2D eigenvalue weighted by atomic mass is 10.0. The predicted molar refractivity (Wildman–Crippen MR) is 126 cm³/mol. The zero-order valence-electron chi connectivity index (χ0n) is 18.1. The van der Waals surface area contributed by atoms with Crippen molar-refractivity contribution in [3.05, 3.63) is 65.9 Å².